The van der Waals surface area contributed by atoms with E-state index in [4.69, 9.17) is 9.47 Å². The number of carbonyl (C=O) groups excluding carboxylic acids is 1. The molecule has 0 fully saturated rings. The minimum Gasteiger partial charge on any atom is -0.491 e. The van der Waals surface area contributed by atoms with E-state index in [-0.39, 0.29) is 24.6 Å². The van der Waals surface area contributed by atoms with Crippen molar-refractivity contribution in [1.29, 1.82) is 0 Å². The summed E-state index contributed by atoms with van der Waals surface area (Å²) in [6.07, 6.45) is -0.998. The minimum atomic E-state index is -3.90. The largest absolute Gasteiger partial charge is 0.491 e. The molecule has 3 aromatic rings. The number of nitrogens with one attached hydrogen (secondary N) is 1. The molecule has 1 unspecified atom stereocenters. The molecule has 1 aliphatic heterocycles. The Bertz CT molecular complexity index is 1340. The molecule has 0 bridgehead atoms. The fourth-order valence-electron chi connectivity index (χ4n) is 4.10. The highest BCUT2D eigenvalue weighted by Crippen LogP contribution is 2.37. The monoisotopic (exact) mass is 508 g/mol. The Morgan fingerprint density at radius 1 is 1.06 bits per heavy atom. The Labute approximate surface area is 213 Å². The molecule has 36 heavy (non-hydrogen) atoms. The third-order valence-corrected chi connectivity index (χ3v) is 7.88. The molecule has 1 N–H and O–H groups in total. The van der Waals surface area contributed by atoms with Crippen LogP contribution in [0.5, 0.6) is 11.5 Å². The highest BCUT2D eigenvalue weighted by molar-refractivity contribution is 7.92. The number of aryl methyl sites for hydroxylation is 2. The molecule has 3 aromatic carbocycles. The molecule has 1 heterocycles. The average Bonchev–Trinajstić information content (AvgIpc) is 2.86. The van der Waals surface area contributed by atoms with Crippen LogP contribution in [-0.4, -0.2) is 40.1 Å². The number of rotatable bonds is 8. The van der Waals surface area contributed by atoms with Gasteiger partial charge in [-0.1, -0.05) is 55.8 Å². The molecule has 0 spiro atoms. The molecule has 190 valence electrons. The van der Waals surface area contributed by atoms with E-state index in [2.05, 4.69) is 19.2 Å². The van der Waals surface area contributed by atoms with Gasteiger partial charge in [0.15, 0.2) is 6.10 Å². The van der Waals surface area contributed by atoms with Crippen molar-refractivity contribution >= 4 is 21.6 Å². The van der Waals surface area contributed by atoms with E-state index in [1.165, 1.54) is 4.31 Å². The topological polar surface area (TPSA) is 84.9 Å². The zero-order valence-electron chi connectivity index (χ0n) is 21.0. The molecular weight excluding hydrogens is 476 g/mol. The van der Waals surface area contributed by atoms with Crippen molar-refractivity contribution in [3.63, 3.8) is 0 Å². The summed E-state index contributed by atoms with van der Waals surface area (Å²) in [6, 6.07) is 19.8. The van der Waals surface area contributed by atoms with Crippen LogP contribution in [-0.2, 0) is 14.8 Å². The maximum atomic E-state index is 13.5. The van der Waals surface area contributed by atoms with E-state index in [1.807, 2.05) is 44.2 Å². The molecule has 8 heteroatoms. The fourth-order valence-corrected chi connectivity index (χ4v) is 5.58. The average molecular weight is 509 g/mol. The van der Waals surface area contributed by atoms with Gasteiger partial charge in [0.25, 0.3) is 15.9 Å². The van der Waals surface area contributed by atoms with Crippen LogP contribution in [0.4, 0.5) is 5.69 Å². The second-order valence-corrected chi connectivity index (χ2v) is 11.1. The lowest BCUT2D eigenvalue weighted by atomic mass is 10.0. The zero-order chi connectivity index (χ0) is 25.9. The number of anilines is 1. The Morgan fingerprint density at radius 3 is 2.47 bits per heavy atom. The molecule has 0 saturated carbocycles. The highest BCUT2D eigenvalue weighted by atomic mass is 32.2. The van der Waals surface area contributed by atoms with Gasteiger partial charge in [-0.25, -0.2) is 8.42 Å². The number of para-hydroxylation sites is 1. The van der Waals surface area contributed by atoms with E-state index in [9.17, 15) is 13.2 Å². The Kier molecular flexibility index (Phi) is 7.54. The van der Waals surface area contributed by atoms with Crippen LogP contribution in [0.3, 0.4) is 0 Å². The Hall–Kier alpha value is -3.52. The predicted molar refractivity (Wildman–Crippen MR) is 140 cm³/mol. The van der Waals surface area contributed by atoms with Crippen LogP contribution in [0.25, 0.3) is 0 Å². The summed E-state index contributed by atoms with van der Waals surface area (Å²) in [4.78, 5) is 13.2. The number of amides is 1. The van der Waals surface area contributed by atoms with Gasteiger partial charge < -0.3 is 14.8 Å². The van der Waals surface area contributed by atoms with Crippen molar-refractivity contribution in [2.45, 2.75) is 44.6 Å². The molecule has 0 radical (unpaired) electrons. The van der Waals surface area contributed by atoms with Gasteiger partial charge in [-0.2, -0.15) is 0 Å². The van der Waals surface area contributed by atoms with Gasteiger partial charge in [0.05, 0.1) is 23.7 Å². The summed E-state index contributed by atoms with van der Waals surface area (Å²) in [7, 11) is -3.90. The summed E-state index contributed by atoms with van der Waals surface area (Å²) in [5.41, 5.74) is 3.38. The van der Waals surface area contributed by atoms with Gasteiger partial charge in [-0.15, -0.1) is 0 Å². The van der Waals surface area contributed by atoms with E-state index in [0.717, 1.165) is 22.4 Å². The number of sulfonamides is 1. The summed E-state index contributed by atoms with van der Waals surface area (Å²) in [6.45, 7) is 8.39. The maximum Gasteiger partial charge on any atom is 0.264 e. The van der Waals surface area contributed by atoms with Crippen LogP contribution in [0.1, 0.15) is 36.5 Å². The molecule has 1 aliphatic rings. The van der Waals surface area contributed by atoms with Gasteiger partial charge in [-0.3, -0.25) is 9.10 Å². The molecule has 0 saturated heterocycles. The van der Waals surface area contributed by atoms with E-state index in [1.54, 1.807) is 36.4 Å². The van der Waals surface area contributed by atoms with Crippen molar-refractivity contribution in [1.82, 2.24) is 5.32 Å². The van der Waals surface area contributed by atoms with Crippen molar-refractivity contribution in [3.05, 3.63) is 83.4 Å². The second-order valence-electron chi connectivity index (χ2n) is 9.26. The number of hydrogen-bond donors (Lipinski definition) is 1. The zero-order valence-corrected chi connectivity index (χ0v) is 21.8. The third kappa shape index (κ3) is 5.49. The van der Waals surface area contributed by atoms with E-state index in [0.29, 0.717) is 17.4 Å². The standard InChI is InChI=1S/C28H32N2O5S/c1-19(2)23-7-5-6-8-25(23)34-16-15-29-28(31)27-18-30(24-14-11-21(4)17-26(24)35-27)36(32,33)22-12-9-20(3)10-13-22/h5-14,17,19,27H,15-16,18H2,1-4H3,(H,29,31). The first-order valence-corrected chi connectivity index (χ1v) is 13.5. The smallest absolute Gasteiger partial charge is 0.264 e. The van der Waals surface area contributed by atoms with Crippen molar-refractivity contribution in [2.75, 3.05) is 24.0 Å². The SMILES string of the molecule is Cc1ccc(S(=O)(=O)N2CC(C(=O)NCCOc3ccccc3C(C)C)Oc3cc(C)ccc32)cc1. The summed E-state index contributed by atoms with van der Waals surface area (Å²) in [5.74, 6) is 1.07. The van der Waals surface area contributed by atoms with Crippen LogP contribution < -0.4 is 19.1 Å². The number of ether oxygens (including phenoxy) is 2. The lowest BCUT2D eigenvalue weighted by Gasteiger charge is -2.35. The maximum absolute atomic E-state index is 13.5. The second kappa shape index (κ2) is 10.6. The molecule has 0 aromatic heterocycles. The van der Waals surface area contributed by atoms with Gasteiger partial charge in [0.2, 0.25) is 0 Å². The first kappa shape index (κ1) is 25.6. The van der Waals surface area contributed by atoms with Crippen LogP contribution in [0.2, 0.25) is 0 Å². The third-order valence-electron chi connectivity index (χ3n) is 6.09. The van der Waals surface area contributed by atoms with Crippen molar-refractivity contribution in [3.8, 4) is 11.5 Å². The molecular formula is C28H32N2O5S. The molecule has 4 rings (SSSR count). The first-order valence-electron chi connectivity index (χ1n) is 12.0. The normalized spacial score (nSPS) is 15.2. The first-order chi connectivity index (χ1) is 17.2. The number of benzene rings is 3. The Morgan fingerprint density at radius 2 is 1.75 bits per heavy atom. The van der Waals surface area contributed by atoms with Gasteiger partial charge in [0, 0.05) is 0 Å². The minimum absolute atomic E-state index is 0.130. The van der Waals surface area contributed by atoms with Crippen LogP contribution >= 0.6 is 0 Å². The summed E-state index contributed by atoms with van der Waals surface area (Å²) in [5, 5.41) is 2.83. The lowest BCUT2D eigenvalue weighted by molar-refractivity contribution is -0.127. The van der Waals surface area contributed by atoms with Crippen LogP contribution in [0.15, 0.2) is 71.6 Å². The summed E-state index contributed by atoms with van der Waals surface area (Å²) < 4.78 is 40.2. The quantitative estimate of drug-likeness (QED) is 0.451. The number of carbonyl (C=O) groups is 1. The van der Waals surface area contributed by atoms with Crippen molar-refractivity contribution < 1.29 is 22.7 Å². The molecule has 0 aliphatic carbocycles. The molecule has 1 amide bonds. The van der Waals surface area contributed by atoms with Crippen LogP contribution in [0, 0.1) is 13.8 Å². The van der Waals surface area contributed by atoms with Gasteiger partial charge in [0.1, 0.15) is 18.1 Å². The van der Waals surface area contributed by atoms with Gasteiger partial charge >= 0.3 is 0 Å². The van der Waals surface area contributed by atoms with Gasteiger partial charge in [-0.05, 0) is 61.2 Å². The molecule has 1 atom stereocenters. The highest BCUT2D eigenvalue weighted by Gasteiger charge is 2.37. The Balaban J connectivity index is 1.48. The number of hydrogen-bond acceptors (Lipinski definition) is 5. The lowest BCUT2D eigenvalue weighted by Crippen LogP contribution is -2.51. The number of nitrogens with zero attached hydrogens (tertiary/aromatic N) is 1. The molecule has 7 nitrogen and oxygen atoms in total. The predicted octanol–water partition coefficient (Wildman–Crippen LogP) is 4.58. The van der Waals surface area contributed by atoms with Crippen molar-refractivity contribution in [2.24, 2.45) is 0 Å². The fraction of sp³-hybridized carbons (Fsp3) is 0.321. The van der Waals surface area contributed by atoms with E-state index < -0.39 is 22.0 Å². The summed E-state index contributed by atoms with van der Waals surface area (Å²) >= 11 is 0. The number of fused-ring (bicyclic) bond motifs is 1. The van der Waals surface area contributed by atoms with E-state index >= 15 is 0 Å².